The summed E-state index contributed by atoms with van der Waals surface area (Å²) in [5, 5.41) is 0. The molecule has 0 aromatic heterocycles. The first-order valence-corrected chi connectivity index (χ1v) is 21.7. The van der Waals surface area contributed by atoms with E-state index in [4.69, 9.17) is 12.3 Å². The Morgan fingerprint density at radius 1 is 0.450 bits per heavy atom. The van der Waals surface area contributed by atoms with Crippen LogP contribution in [0.4, 0.5) is 0 Å². The quantitative estimate of drug-likeness (QED) is 0.644. The first kappa shape index (κ1) is 18.9. The molecule has 1 saturated heterocycles. The lowest BCUT2D eigenvalue weighted by Gasteiger charge is -2.47. The van der Waals surface area contributed by atoms with Crippen molar-refractivity contribution in [3.63, 3.8) is 0 Å². The van der Waals surface area contributed by atoms with E-state index in [1.165, 1.54) is 0 Å². The Balaban J connectivity index is 3.15. The highest BCUT2D eigenvalue weighted by Crippen LogP contribution is 2.23. The minimum Gasteiger partial charge on any atom is -0.433 e. The molecule has 0 radical (unpaired) electrons. The van der Waals surface area contributed by atoms with E-state index in [0.717, 1.165) is 0 Å². The van der Waals surface area contributed by atoms with Crippen LogP contribution in [0.5, 0.6) is 0 Å². The zero-order valence-corrected chi connectivity index (χ0v) is 19.7. The zero-order chi connectivity index (χ0) is 16.0. The maximum Gasteiger partial charge on any atom is 0.312 e. The van der Waals surface area contributed by atoms with E-state index in [2.05, 4.69) is 74.8 Å². The molecule has 1 aliphatic heterocycles. The molecule has 120 valence electrons. The molecule has 0 spiro atoms. The highest BCUT2D eigenvalue weighted by Gasteiger charge is 2.48. The monoisotopic (exact) mass is 368 g/mol. The van der Waals surface area contributed by atoms with Gasteiger partial charge in [0.25, 0.3) is 0 Å². The predicted molar refractivity (Wildman–Crippen MR) is 96.9 cm³/mol. The van der Waals surface area contributed by atoms with Crippen LogP contribution < -0.4 is 9.30 Å². The summed E-state index contributed by atoms with van der Waals surface area (Å²) in [6.45, 7) is 22.1. The van der Waals surface area contributed by atoms with E-state index < -0.39 is 42.5 Å². The molecule has 1 fully saturated rings. The lowest BCUT2D eigenvalue weighted by molar-refractivity contribution is 0.375. The van der Waals surface area contributed by atoms with Gasteiger partial charge in [-0.25, -0.2) is 0 Å². The third-order valence-corrected chi connectivity index (χ3v) is 24.4. The highest BCUT2D eigenvalue weighted by molar-refractivity contribution is 6.98. The van der Waals surface area contributed by atoms with Gasteiger partial charge in [-0.05, 0) is 65.5 Å². The van der Waals surface area contributed by atoms with E-state index in [-0.39, 0.29) is 0 Å². The summed E-state index contributed by atoms with van der Waals surface area (Å²) in [6.07, 6.45) is 0. The Morgan fingerprint density at radius 2 is 0.700 bits per heavy atom. The van der Waals surface area contributed by atoms with Crippen LogP contribution in [0.2, 0.25) is 65.5 Å². The zero-order valence-electron chi connectivity index (χ0n) is 14.7. The van der Waals surface area contributed by atoms with Crippen LogP contribution in [-0.2, 0) is 12.3 Å². The normalized spacial score (nSPS) is 31.5. The molecule has 0 aromatic carbocycles. The van der Waals surface area contributed by atoms with E-state index in [0.29, 0.717) is 0 Å². The van der Waals surface area contributed by atoms with Crippen molar-refractivity contribution in [2.75, 3.05) is 0 Å². The lowest BCUT2D eigenvalue weighted by atomic mass is 11.9. The van der Waals surface area contributed by atoms with Crippen LogP contribution in [0.25, 0.3) is 0 Å². The molecular weight excluding hydrogens is 337 g/mol. The molecule has 1 rings (SSSR count). The molecule has 0 aromatic rings. The number of nitrogens with one attached hydrogen (secondary N) is 2. The minimum absolute atomic E-state index is 1.95. The fraction of sp³-hybridized carbons (Fsp3) is 1.00. The maximum atomic E-state index is 6.52. The Hall–Kier alpha value is 0.884. The average molecular weight is 369 g/mol. The Morgan fingerprint density at radius 3 is 1.00 bits per heavy atom. The topological polar surface area (TPSA) is 51.8 Å². The molecular formula is C10H32N2O3Si5. The molecule has 0 saturated carbocycles. The second kappa shape index (κ2) is 5.51. The van der Waals surface area contributed by atoms with Crippen LogP contribution >= 0.6 is 0 Å². The average Bonchev–Trinajstić information content (AvgIpc) is 1.84. The molecule has 0 unspecified atom stereocenters. The van der Waals surface area contributed by atoms with E-state index >= 15 is 0 Å². The molecule has 0 atom stereocenters. The van der Waals surface area contributed by atoms with Gasteiger partial charge in [-0.1, -0.05) is 0 Å². The summed E-state index contributed by atoms with van der Waals surface area (Å²) in [5.41, 5.74) is 0. The summed E-state index contributed by atoms with van der Waals surface area (Å²) in [4.78, 5) is 0. The van der Waals surface area contributed by atoms with Crippen molar-refractivity contribution < 1.29 is 12.3 Å². The van der Waals surface area contributed by atoms with Gasteiger partial charge in [0, 0.05) is 0 Å². The smallest absolute Gasteiger partial charge is 0.312 e. The molecule has 0 amide bonds. The molecule has 1 aliphatic rings. The summed E-state index contributed by atoms with van der Waals surface area (Å²) >= 11 is 0. The summed E-state index contributed by atoms with van der Waals surface area (Å²) in [6, 6.07) is 0. The summed E-state index contributed by atoms with van der Waals surface area (Å²) in [5.74, 6) is 0. The highest BCUT2D eigenvalue weighted by atomic mass is 28.5. The minimum atomic E-state index is -2.14. The van der Waals surface area contributed by atoms with Crippen molar-refractivity contribution >= 4 is 42.5 Å². The first-order valence-electron chi connectivity index (χ1n) is 7.22. The van der Waals surface area contributed by atoms with Gasteiger partial charge in [0.15, 0.2) is 0 Å². The fourth-order valence-electron chi connectivity index (χ4n) is 3.44. The van der Waals surface area contributed by atoms with Crippen LogP contribution in [0.3, 0.4) is 0 Å². The third kappa shape index (κ3) is 6.33. The maximum absolute atomic E-state index is 6.52. The molecule has 20 heavy (non-hydrogen) atoms. The van der Waals surface area contributed by atoms with E-state index in [1.54, 1.807) is 0 Å². The van der Waals surface area contributed by atoms with Crippen LogP contribution in [0.15, 0.2) is 0 Å². The van der Waals surface area contributed by atoms with Crippen molar-refractivity contribution in [3.8, 4) is 0 Å². The molecule has 0 aliphatic carbocycles. The van der Waals surface area contributed by atoms with Crippen molar-refractivity contribution in [2.45, 2.75) is 65.5 Å². The predicted octanol–water partition coefficient (Wildman–Crippen LogP) is 2.74. The van der Waals surface area contributed by atoms with Gasteiger partial charge >= 0.3 is 8.56 Å². The number of hydrogen-bond acceptors (Lipinski definition) is 5. The summed E-state index contributed by atoms with van der Waals surface area (Å²) < 4.78 is 26.9. The van der Waals surface area contributed by atoms with Crippen LogP contribution in [0.1, 0.15) is 0 Å². The van der Waals surface area contributed by atoms with Crippen molar-refractivity contribution in [1.29, 1.82) is 0 Å². The Labute approximate surface area is 129 Å². The van der Waals surface area contributed by atoms with Crippen molar-refractivity contribution in [2.24, 2.45) is 0 Å². The molecule has 0 bridgehead atoms. The van der Waals surface area contributed by atoms with Crippen molar-refractivity contribution in [3.05, 3.63) is 0 Å². The Kier molecular flexibility index (Phi) is 5.21. The third-order valence-electron chi connectivity index (χ3n) is 2.72. The number of hydrogen-bond donors (Lipinski definition) is 2. The van der Waals surface area contributed by atoms with Gasteiger partial charge < -0.3 is 21.6 Å². The van der Waals surface area contributed by atoms with E-state index in [1.807, 2.05) is 0 Å². The van der Waals surface area contributed by atoms with Crippen LogP contribution in [0, 0.1) is 0 Å². The van der Waals surface area contributed by atoms with Gasteiger partial charge in [0.1, 0.15) is 0 Å². The Bertz CT molecular complexity index is 273. The van der Waals surface area contributed by atoms with Gasteiger partial charge in [-0.15, -0.1) is 0 Å². The molecule has 10 heteroatoms. The SMILES string of the molecule is C[Si]1(C)N[Si](C)(C)O[Si](C)(C)O[Si](C)(C)N[Si](C)(C)O1. The van der Waals surface area contributed by atoms with Gasteiger partial charge in [-0.2, -0.15) is 0 Å². The second-order valence-electron chi connectivity index (χ2n) is 8.00. The van der Waals surface area contributed by atoms with Gasteiger partial charge in [0.2, 0.25) is 33.9 Å². The lowest BCUT2D eigenvalue weighted by Crippen LogP contribution is -2.74. The van der Waals surface area contributed by atoms with E-state index in [9.17, 15) is 0 Å². The number of rotatable bonds is 0. The second-order valence-corrected chi connectivity index (χ2v) is 27.3. The van der Waals surface area contributed by atoms with Crippen molar-refractivity contribution in [1.82, 2.24) is 9.30 Å². The van der Waals surface area contributed by atoms with Crippen LogP contribution in [-0.4, -0.2) is 42.5 Å². The largest absolute Gasteiger partial charge is 0.433 e. The fourth-order valence-corrected chi connectivity index (χ4v) is 33.2. The van der Waals surface area contributed by atoms with Gasteiger partial charge in [-0.3, -0.25) is 0 Å². The molecule has 2 N–H and O–H groups in total. The summed E-state index contributed by atoms with van der Waals surface area (Å²) in [7, 11) is -10.0. The first-order chi connectivity index (χ1) is 8.54. The van der Waals surface area contributed by atoms with Gasteiger partial charge in [0.05, 0.1) is 0 Å². The molecule has 5 nitrogen and oxygen atoms in total. The standard InChI is InChI=1S/C10H32N2O3Si5/c1-16(2)11-18(5,6)14-20(9,10)15-19(7,8)12-17(3,4)13-16/h11-12H,1-10H3. The molecule has 1 heterocycles.